The van der Waals surface area contributed by atoms with Gasteiger partial charge in [0.05, 0.1) is 0 Å². The van der Waals surface area contributed by atoms with Gasteiger partial charge in [-0.15, -0.1) is 0 Å². The highest BCUT2D eigenvalue weighted by molar-refractivity contribution is 5.73. The van der Waals surface area contributed by atoms with Gasteiger partial charge in [0.2, 0.25) is 5.91 Å². The fourth-order valence-electron chi connectivity index (χ4n) is 3.32. The third kappa shape index (κ3) is 3.71. The summed E-state index contributed by atoms with van der Waals surface area (Å²) in [6.07, 6.45) is 7.62. The van der Waals surface area contributed by atoms with Crippen molar-refractivity contribution in [3.63, 3.8) is 0 Å². The van der Waals surface area contributed by atoms with Crippen molar-refractivity contribution in [3.8, 4) is 0 Å². The first-order chi connectivity index (χ1) is 8.66. The second-order valence-electron chi connectivity index (χ2n) is 6.20. The van der Waals surface area contributed by atoms with E-state index in [0.717, 1.165) is 19.0 Å². The highest BCUT2D eigenvalue weighted by atomic mass is 16.2. The lowest BCUT2D eigenvalue weighted by Crippen LogP contribution is -2.47. The van der Waals surface area contributed by atoms with Crippen molar-refractivity contribution in [3.05, 3.63) is 0 Å². The average molecular weight is 252 g/mol. The molecule has 1 atom stereocenters. The number of hydrogen-bond donors (Lipinski definition) is 0. The van der Waals surface area contributed by atoms with E-state index in [9.17, 15) is 4.79 Å². The number of piperidine rings is 1. The van der Waals surface area contributed by atoms with E-state index in [1.165, 1.54) is 51.6 Å². The maximum absolute atomic E-state index is 11.8. The molecule has 2 rings (SSSR count). The Hall–Kier alpha value is -0.570. The highest BCUT2D eigenvalue weighted by Crippen LogP contribution is 2.21. The Morgan fingerprint density at radius 2 is 1.78 bits per heavy atom. The standard InChI is InChI=1S/C15H28N2O/c1-13-7-10-16(11-8-13)12-15-6-4-3-5-9-17(15)14(2)18/h13,15H,3-12H2,1-2H3. The molecular formula is C15H28N2O. The Morgan fingerprint density at radius 1 is 1.06 bits per heavy atom. The van der Waals surface area contributed by atoms with Gasteiger partial charge >= 0.3 is 0 Å². The zero-order valence-electron chi connectivity index (χ0n) is 12.0. The molecule has 2 aliphatic heterocycles. The molecule has 1 unspecified atom stereocenters. The van der Waals surface area contributed by atoms with E-state index in [2.05, 4.69) is 16.7 Å². The van der Waals surface area contributed by atoms with Gasteiger partial charge in [-0.2, -0.15) is 0 Å². The van der Waals surface area contributed by atoms with Crippen LogP contribution in [-0.4, -0.2) is 47.9 Å². The lowest BCUT2D eigenvalue weighted by atomic mass is 9.98. The minimum atomic E-state index is 0.271. The molecule has 1 amide bonds. The van der Waals surface area contributed by atoms with Gasteiger partial charge in [0.15, 0.2) is 0 Å². The van der Waals surface area contributed by atoms with Crippen molar-refractivity contribution >= 4 is 5.91 Å². The minimum absolute atomic E-state index is 0.271. The Kier molecular flexibility index (Phi) is 5.04. The van der Waals surface area contributed by atoms with Crippen LogP contribution in [0.2, 0.25) is 0 Å². The highest BCUT2D eigenvalue weighted by Gasteiger charge is 2.26. The molecule has 3 nitrogen and oxygen atoms in total. The summed E-state index contributed by atoms with van der Waals surface area (Å²) in [7, 11) is 0. The van der Waals surface area contributed by atoms with Crippen LogP contribution in [0, 0.1) is 5.92 Å². The number of carbonyl (C=O) groups excluding carboxylic acids is 1. The smallest absolute Gasteiger partial charge is 0.219 e. The first kappa shape index (κ1) is 13.9. The molecule has 104 valence electrons. The third-order valence-corrected chi connectivity index (χ3v) is 4.63. The largest absolute Gasteiger partial charge is 0.339 e. The summed E-state index contributed by atoms with van der Waals surface area (Å²) >= 11 is 0. The molecule has 18 heavy (non-hydrogen) atoms. The van der Waals surface area contributed by atoms with Gasteiger partial charge < -0.3 is 9.80 Å². The fourth-order valence-corrected chi connectivity index (χ4v) is 3.32. The van der Waals surface area contributed by atoms with E-state index in [1.54, 1.807) is 6.92 Å². The fraction of sp³-hybridized carbons (Fsp3) is 0.933. The molecule has 0 N–H and O–H groups in total. The first-order valence-electron chi connectivity index (χ1n) is 7.66. The van der Waals surface area contributed by atoms with E-state index in [4.69, 9.17) is 0 Å². The van der Waals surface area contributed by atoms with Crippen LogP contribution in [0.1, 0.15) is 52.4 Å². The molecule has 0 aromatic rings. The Balaban J connectivity index is 1.89. The van der Waals surface area contributed by atoms with E-state index >= 15 is 0 Å². The topological polar surface area (TPSA) is 23.6 Å². The molecule has 2 aliphatic rings. The molecule has 0 saturated carbocycles. The second kappa shape index (κ2) is 6.55. The molecule has 0 aliphatic carbocycles. The van der Waals surface area contributed by atoms with Gasteiger partial charge in [-0.05, 0) is 44.7 Å². The summed E-state index contributed by atoms with van der Waals surface area (Å²) in [6, 6.07) is 0.471. The zero-order chi connectivity index (χ0) is 13.0. The zero-order valence-corrected chi connectivity index (χ0v) is 12.0. The lowest BCUT2D eigenvalue weighted by Gasteiger charge is -2.37. The predicted octanol–water partition coefficient (Wildman–Crippen LogP) is 2.51. The van der Waals surface area contributed by atoms with Gasteiger partial charge in [-0.1, -0.05) is 19.8 Å². The van der Waals surface area contributed by atoms with Crippen LogP contribution < -0.4 is 0 Å². The van der Waals surface area contributed by atoms with Crippen LogP contribution in [0.3, 0.4) is 0 Å². The van der Waals surface area contributed by atoms with Crippen LogP contribution in [-0.2, 0) is 4.79 Å². The van der Waals surface area contributed by atoms with Crippen molar-refractivity contribution in [1.82, 2.24) is 9.80 Å². The molecule has 0 radical (unpaired) electrons. The van der Waals surface area contributed by atoms with Gasteiger partial charge in [0, 0.05) is 26.1 Å². The summed E-state index contributed by atoms with van der Waals surface area (Å²) in [6.45, 7) is 8.62. The van der Waals surface area contributed by atoms with Crippen LogP contribution >= 0.6 is 0 Å². The summed E-state index contributed by atoms with van der Waals surface area (Å²) in [5.41, 5.74) is 0. The number of rotatable bonds is 2. The number of hydrogen-bond acceptors (Lipinski definition) is 2. The first-order valence-corrected chi connectivity index (χ1v) is 7.66. The van der Waals surface area contributed by atoms with E-state index in [1.807, 2.05) is 0 Å². The lowest BCUT2D eigenvalue weighted by molar-refractivity contribution is -0.131. The Labute approximate surface area is 112 Å². The second-order valence-corrected chi connectivity index (χ2v) is 6.20. The molecule has 2 saturated heterocycles. The van der Waals surface area contributed by atoms with Crippen molar-refractivity contribution in [2.45, 2.75) is 58.4 Å². The molecule has 3 heteroatoms. The monoisotopic (exact) mass is 252 g/mol. The summed E-state index contributed by atoms with van der Waals surface area (Å²) in [5.74, 6) is 1.16. The van der Waals surface area contributed by atoms with Gasteiger partial charge in [0.1, 0.15) is 0 Å². The van der Waals surface area contributed by atoms with Crippen LogP contribution in [0.25, 0.3) is 0 Å². The normalized spacial score (nSPS) is 28.1. The van der Waals surface area contributed by atoms with Crippen molar-refractivity contribution < 1.29 is 4.79 Å². The van der Waals surface area contributed by atoms with Crippen LogP contribution in [0.15, 0.2) is 0 Å². The number of amides is 1. The third-order valence-electron chi connectivity index (χ3n) is 4.63. The summed E-state index contributed by atoms with van der Waals surface area (Å²) < 4.78 is 0. The van der Waals surface area contributed by atoms with Crippen molar-refractivity contribution in [2.24, 2.45) is 5.92 Å². The van der Waals surface area contributed by atoms with Crippen molar-refractivity contribution in [2.75, 3.05) is 26.2 Å². The van der Waals surface area contributed by atoms with Crippen molar-refractivity contribution in [1.29, 1.82) is 0 Å². The Morgan fingerprint density at radius 3 is 2.44 bits per heavy atom. The molecule has 2 fully saturated rings. The van der Waals surface area contributed by atoms with Crippen LogP contribution in [0.4, 0.5) is 0 Å². The number of carbonyl (C=O) groups is 1. The van der Waals surface area contributed by atoms with Gasteiger partial charge in [-0.3, -0.25) is 4.79 Å². The molecule has 0 spiro atoms. The molecule has 2 heterocycles. The van der Waals surface area contributed by atoms with E-state index in [0.29, 0.717) is 6.04 Å². The van der Waals surface area contributed by atoms with E-state index in [-0.39, 0.29) is 5.91 Å². The average Bonchev–Trinajstić information content (AvgIpc) is 2.57. The van der Waals surface area contributed by atoms with Crippen LogP contribution in [0.5, 0.6) is 0 Å². The maximum Gasteiger partial charge on any atom is 0.219 e. The minimum Gasteiger partial charge on any atom is -0.339 e. The Bertz CT molecular complexity index is 272. The summed E-state index contributed by atoms with van der Waals surface area (Å²) in [5, 5.41) is 0. The quantitative estimate of drug-likeness (QED) is 0.754. The molecule has 0 aromatic carbocycles. The molecular weight excluding hydrogens is 224 g/mol. The summed E-state index contributed by atoms with van der Waals surface area (Å²) in [4.78, 5) is 16.5. The molecule has 0 bridgehead atoms. The number of nitrogens with zero attached hydrogens (tertiary/aromatic N) is 2. The predicted molar refractivity (Wildman–Crippen MR) is 74.5 cm³/mol. The molecule has 0 aromatic heterocycles. The van der Waals surface area contributed by atoms with Gasteiger partial charge in [0.25, 0.3) is 0 Å². The van der Waals surface area contributed by atoms with Gasteiger partial charge in [-0.25, -0.2) is 0 Å². The SMILES string of the molecule is CC(=O)N1CCCCCC1CN1CCC(C)CC1. The van der Waals surface area contributed by atoms with E-state index < -0.39 is 0 Å². The maximum atomic E-state index is 11.8. The number of likely N-dealkylation sites (tertiary alicyclic amines) is 2.